The predicted octanol–water partition coefficient (Wildman–Crippen LogP) is 8.81. The van der Waals surface area contributed by atoms with Crippen LogP contribution in [0.25, 0.3) is 0 Å². The van der Waals surface area contributed by atoms with Gasteiger partial charge in [0.05, 0.1) is 0 Å². The summed E-state index contributed by atoms with van der Waals surface area (Å²) in [7, 11) is 0. The molecule has 0 radical (unpaired) electrons. The molecule has 5 heteroatoms. The van der Waals surface area contributed by atoms with E-state index in [0.717, 1.165) is 38.5 Å². The van der Waals surface area contributed by atoms with Crippen LogP contribution in [0.15, 0.2) is 21.3 Å². The molecule has 0 aliphatic heterocycles. The summed E-state index contributed by atoms with van der Waals surface area (Å²) >= 11 is -4.08. The molecule has 0 saturated carbocycles. The van der Waals surface area contributed by atoms with Crippen molar-refractivity contribution in [2.75, 3.05) is 0 Å². The van der Waals surface area contributed by atoms with Crippen molar-refractivity contribution < 1.29 is 15.7 Å². The summed E-state index contributed by atoms with van der Waals surface area (Å²) in [5, 5.41) is 0. The summed E-state index contributed by atoms with van der Waals surface area (Å²) in [6, 6.07) is 0. The van der Waals surface area contributed by atoms with Crippen LogP contribution in [0.5, 0.6) is 0 Å². The number of hydrogen-bond acceptors (Lipinski definition) is 4. The number of hydrogen-bond donors (Lipinski definition) is 0. The van der Waals surface area contributed by atoms with Crippen LogP contribution in [0.3, 0.4) is 0 Å². The molecule has 0 fully saturated rings. The first-order valence-electron chi connectivity index (χ1n) is 13.7. The van der Waals surface area contributed by atoms with Gasteiger partial charge in [0.2, 0.25) is 0 Å². The van der Waals surface area contributed by atoms with Gasteiger partial charge >= 0.3 is 197 Å². The summed E-state index contributed by atoms with van der Waals surface area (Å²) in [6.45, 7) is 12.0. The van der Waals surface area contributed by atoms with E-state index < -0.39 is 19.2 Å². The minimum Gasteiger partial charge on any atom is -0.0654 e. The van der Waals surface area contributed by atoms with Crippen LogP contribution in [0, 0.1) is 0 Å². The minimum absolute atomic E-state index is 0.288. The van der Waals surface area contributed by atoms with Crippen LogP contribution in [0.1, 0.15) is 142 Å². The Bertz CT molecular complexity index is 472. The first kappa shape index (κ1) is 32.2. The molecular formula is C28H52O4Sn. The molecule has 0 unspecified atom stereocenters. The summed E-state index contributed by atoms with van der Waals surface area (Å²) in [6.07, 6.45) is 22.3. The fourth-order valence-electron chi connectivity index (χ4n) is 3.89. The summed E-state index contributed by atoms with van der Waals surface area (Å²) in [4.78, 5) is 24.7. The van der Waals surface area contributed by atoms with Crippen LogP contribution >= 0.6 is 0 Å². The normalized spacial score (nSPS) is 11.2. The SMILES string of the molecule is C=[CH][Sn]([CH]=C)([O]C(=O)CCCCCCCCCCC)[O]C(=O)CCCCCCCCCCC. The number of unbranched alkanes of at least 4 members (excludes halogenated alkanes) is 16. The molecule has 0 heterocycles. The Labute approximate surface area is 209 Å². The minimum atomic E-state index is -4.08. The fraction of sp³-hybridized carbons (Fsp3) is 0.786. The van der Waals surface area contributed by atoms with Crippen LogP contribution in [-0.2, 0) is 15.7 Å². The summed E-state index contributed by atoms with van der Waals surface area (Å²) < 4.78 is 14.4. The van der Waals surface area contributed by atoms with Gasteiger partial charge < -0.3 is 0 Å². The van der Waals surface area contributed by atoms with Crippen molar-refractivity contribution in [2.24, 2.45) is 0 Å². The Morgan fingerprint density at radius 2 is 0.818 bits per heavy atom. The van der Waals surface area contributed by atoms with Gasteiger partial charge in [-0.3, -0.25) is 0 Å². The van der Waals surface area contributed by atoms with E-state index in [2.05, 4.69) is 27.0 Å². The van der Waals surface area contributed by atoms with Crippen molar-refractivity contribution in [3.63, 3.8) is 0 Å². The first-order valence-corrected chi connectivity index (χ1v) is 19.4. The van der Waals surface area contributed by atoms with Gasteiger partial charge in [-0.2, -0.15) is 0 Å². The molecule has 0 bridgehead atoms. The van der Waals surface area contributed by atoms with E-state index in [1.165, 1.54) is 77.0 Å². The van der Waals surface area contributed by atoms with Crippen LogP contribution in [0.4, 0.5) is 0 Å². The molecule has 0 aliphatic rings. The van der Waals surface area contributed by atoms with E-state index in [-0.39, 0.29) is 11.9 Å². The quantitative estimate of drug-likeness (QED) is 0.0859. The molecule has 0 spiro atoms. The molecule has 33 heavy (non-hydrogen) atoms. The van der Waals surface area contributed by atoms with E-state index in [0.29, 0.717) is 12.8 Å². The molecule has 0 aliphatic carbocycles. The van der Waals surface area contributed by atoms with E-state index in [1.807, 2.05) is 0 Å². The molecule has 192 valence electrons. The van der Waals surface area contributed by atoms with Gasteiger partial charge in [0, 0.05) is 0 Å². The number of carbonyl (C=O) groups is 2. The van der Waals surface area contributed by atoms with E-state index in [1.54, 1.807) is 8.18 Å². The Morgan fingerprint density at radius 3 is 1.09 bits per heavy atom. The Balaban J connectivity index is 4.01. The van der Waals surface area contributed by atoms with Crippen molar-refractivity contribution >= 4 is 31.1 Å². The van der Waals surface area contributed by atoms with Crippen molar-refractivity contribution in [3.8, 4) is 0 Å². The third-order valence-electron chi connectivity index (χ3n) is 6.08. The first-order chi connectivity index (χ1) is 16.0. The third-order valence-corrected chi connectivity index (χ3v) is 12.5. The van der Waals surface area contributed by atoms with E-state index in [9.17, 15) is 9.59 Å². The zero-order valence-electron chi connectivity index (χ0n) is 21.8. The van der Waals surface area contributed by atoms with E-state index in [4.69, 9.17) is 6.15 Å². The predicted molar refractivity (Wildman–Crippen MR) is 142 cm³/mol. The van der Waals surface area contributed by atoms with Gasteiger partial charge in [-0.25, -0.2) is 0 Å². The second-order valence-corrected chi connectivity index (χ2v) is 16.8. The van der Waals surface area contributed by atoms with Gasteiger partial charge in [0.25, 0.3) is 0 Å². The maximum atomic E-state index is 12.3. The van der Waals surface area contributed by atoms with Gasteiger partial charge in [0.15, 0.2) is 0 Å². The monoisotopic (exact) mass is 572 g/mol. The topological polar surface area (TPSA) is 52.6 Å². The van der Waals surface area contributed by atoms with Crippen LogP contribution < -0.4 is 0 Å². The Morgan fingerprint density at radius 1 is 0.545 bits per heavy atom. The molecule has 0 aromatic heterocycles. The number of rotatable bonds is 24. The maximum absolute atomic E-state index is 12.3. The molecule has 0 aromatic rings. The Kier molecular flexibility index (Phi) is 22.4. The molecule has 0 rings (SSSR count). The second kappa shape index (κ2) is 23.0. The second-order valence-electron chi connectivity index (χ2n) is 9.23. The van der Waals surface area contributed by atoms with Crippen molar-refractivity contribution in [1.82, 2.24) is 0 Å². The average Bonchev–Trinajstić information content (AvgIpc) is 2.81. The zero-order chi connectivity index (χ0) is 24.6. The fourth-order valence-corrected chi connectivity index (χ4v) is 8.05. The van der Waals surface area contributed by atoms with Crippen LogP contribution in [0.2, 0.25) is 0 Å². The van der Waals surface area contributed by atoms with Gasteiger partial charge in [-0.05, 0) is 0 Å². The van der Waals surface area contributed by atoms with Gasteiger partial charge in [0.1, 0.15) is 0 Å². The standard InChI is InChI=1S/2C12H24O2.2C2H3.Sn/c2*1-2-3-4-5-6-7-8-9-10-11-12(13)14;2*1-2;/h2*2-11H2,1H3,(H,13,14);2*1H,2H2;/q;;;;+2/p-2. The number of carbonyl (C=O) groups excluding carboxylic acids is 2. The third kappa shape index (κ3) is 19.2. The zero-order valence-corrected chi connectivity index (χ0v) is 24.7. The van der Waals surface area contributed by atoms with Crippen molar-refractivity contribution in [3.05, 3.63) is 21.3 Å². The van der Waals surface area contributed by atoms with Gasteiger partial charge in [-0.15, -0.1) is 0 Å². The molecule has 0 atom stereocenters. The molecule has 0 N–H and O–H groups in total. The van der Waals surface area contributed by atoms with Crippen molar-refractivity contribution in [1.29, 1.82) is 0 Å². The summed E-state index contributed by atoms with van der Waals surface area (Å²) in [5.41, 5.74) is 0. The van der Waals surface area contributed by atoms with Crippen molar-refractivity contribution in [2.45, 2.75) is 142 Å². The summed E-state index contributed by atoms with van der Waals surface area (Å²) in [5.74, 6) is -0.575. The Hall–Kier alpha value is -0.781. The van der Waals surface area contributed by atoms with E-state index >= 15 is 0 Å². The average molecular weight is 571 g/mol. The molecule has 4 nitrogen and oxygen atoms in total. The molecular weight excluding hydrogens is 519 g/mol. The molecule has 0 aromatic carbocycles. The molecule has 0 amide bonds. The van der Waals surface area contributed by atoms with Crippen LogP contribution in [-0.4, -0.2) is 31.1 Å². The molecule has 0 saturated heterocycles. The van der Waals surface area contributed by atoms with Gasteiger partial charge in [-0.1, -0.05) is 13.8 Å². The smallest absolute Gasteiger partial charge is 0.0654 e.